The second-order valence-corrected chi connectivity index (χ2v) is 7.58. The standard InChI is InChI=1S/C21H21BrN2O3S/c1-4-24-20(25)17(23-21(24)28)9-15-10-18(26-3)19(11-16(15)22)27-12-14-7-5-13(2)6-8-14/h5-11H,4,12H2,1-3H3,(H,23,28)/b17-9-. The number of thiocarbonyl (C=S) groups is 1. The number of benzene rings is 2. The molecule has 1 fully saturated rings. The number of hydrogen-bond acceptors (Lipinski definition) is 4. The molecule has 5 nitrogen and oxygen atoms in total. The summed E-state index contributed by atoms with van der Waals surface area (Å²) in [6, 6.07) is 11.8. The van der Waals surface area contributed by atoms with Gasteiger partial charge in [0.25, 0.3) is 5.91 Å². The molecule has 0 aliphatic carbocycles. The number of methoxy groups -OCH3 is 1. The number of ether oxygens (including phenoxy) is 2. The normalized spacial score (nSPS) is 15.1. The van der Waals surface area contributed by atoms with Crippen molar-refractivity contribution in [2.75, 3.05) is 13.7 Å². The predicted molar refractivity (Wildman–Crippen MR) is 117 cm³/mol. The van der Waals surface area contributed by atoms with E-state index >= 15 is 0 Å². The number of aryl methyl sites for hydroxylation is 1. The number of nitrogens with one attached hydrogen (secondary N) is 1. The van der Waals surface area contributed by atoms with Gasteiger partial charge in [0.2, 0.25) is 0 Å². The predicted octanol–water partition coefficient (Wildman–Crippen LogP) is 4.42. The lowest BCUT2D eigenvalue weighted by atomic mass is 10.1. The Labute approximate surface area is 178 Å². The molecule has 1 N–H and O–H groups in total. The van der Waals surface area contributed by atoms with Gasteiger partial charge in [0.1, 0.15) is 12.3 Å². The van der Waals surface area contributed by atoms with Crippen LogP contribution < -0.4 is 14.8 Å². The van der Waals surface area contributed by atoms with Gasteiger partial charge in [-0.05, 0) is 55.4 Å². The van der Waals surface area contributed by atoms with E-state index in [0.717, 1.165) is 15.6 Å². The highest BCUT2D eigenvalue weighted by Crippen LogP contribution is 2.35. The van der Waals surface area contributed by atoms with Crippen LogP contribution in [0.4, 0.5) is 0 Å². The van der Waals surface area contributed by atoms with Gasteiger partial charge < -0.3 is 14.8 Å². The highest BCUT2D eigenvalue weighted by atomic mass is 79.9. The van der Waals surface area contributed by atoms with Crippen LogP contribution in [0.3, 0.4) is 0 Å². The van der Waals surface area contributed by atoms with E-state index in [0.29, 0.717) is 35.5 Å². The van der Waals surface area contributed by atoms with Gasteiger partial charge in [0, 0.05) is 11.0 Å². The van der Waals surface area contributed by atoms with Crippen LogP contribution in [0.25, 0.3) is 6.08 Å². The molecule has 0 bridgehead atoms. The summed E-state index contributed by atoms with van der Waals surface area (Å²) in [7, 11) is 1.59. The van der Waals surface area contributed by atoms with E-state index in [1.54, 1.807) is 13.2 Å². The van der Waals surface area contributed by atoms with Crippen LogP contribution in [0.2, 0.25) is 0 Å². The summed E-state index contributed by atoms with van der Waals surface area (Å²) in [4.78, 5) is 13.9. The number of amides is 1. The van der Waals surface area contributed by atoms with E-state index in [1.807, 2.05) is 38.1 Å². The van der Waals surface area contributed by atoms with Crippen LogP contribution in [0.5, 0.6) is 11.5 Å². The summed E-state index contributed by atoms with van der Waals surface area (Å²) in [5.41, 5.74) is 3.50. The molecule has 1 aliphatic heterocycles. The highest BCUT2D eigenvalue weighted by Gasteiger charge is 2.29. The Kier molecular flexibility index (Phi) is 6.36. The summed E-state index contributed by atoms with van der Waals surface area (Å²) < 4.78 is 12.2. The Morgan fingerprint density at radius 3 is 2.54 bits per heavy atom. The Morgan fingerprint density at radius 2 is 1.93 bits per heavy atom. The van der Waals surface area contributed by atoms with Crippen molar-refractivity contribution in [1.82, 2.24) is 10.2 Å². The first-order chi connectivity index (χ1) is 13.4. The molecule has 7 heteroatoms. The maximum Gasteiger partial charge on any atom is 0.276 e. The van der Waals surface area contributed by atoms with Gasteiger partial charge >= 0.3 is 0 Å². The molecule has 0 unspecified atom stereocenters. The first-order valence-corrected chi connectivity index (χ1v) is 10.0. The fourth-order valence-corrected chi connectivity index (χ4v) is 3.55. The van der Waals surface area contributed by atoms with Crippen molar-refractivity contribution in [2.45, 2.75) is 20.5 Å². The van der Waals surface area contributed by atoms with Crippen LogP contribution in [0.1, 0.15) is 23.6 Å². The Balaban J connectivity index is 1.83. The fraction of sp³-hybridized carbons (Fsp3) is 0.238. The maximum atomic E-state index is 12.4. The molecule has 0 atom stereocenters. The molecule has 1 amide bonds. The Bertz CT molecular complexity index is 941. The zero-order chi connectivity index (χ0) is 20.3. The van der Waals surface area contributed by atoms with Gasteiger partial charge in [-0.25, -0.2) is 0 Å². The van der Waals surface area contributed by atoms with E-state index in [-0.39, 0.29) is 5.91 Å². The molecule has 2 aromatic rings. The SMILES string of the molecule is CCN1C(=O)/C(=C/c2cc(OC)c(OCc3ccc(C)cc3)cc2Br)NC1=S. The molecule has 0 saturated carbocycles. The van der Waals surface area contributed by atoms with Gasteiger partial charge in [-0.1, -0.05) is 45.8 Å². The van der Waals surface area contributed by atoms with E-state index in [2.05, 4.69) is 33.4 Å². The molecular formula is C21H21BrN2O3S. The van der Waals surface area contributed by atoms with Crippen molar-refractivity contribution in [3.05, 3.63) is 63.3 Å². The monoisotopic (exact) mass is 460 g/mol. The van der Waals surface area contributed by atoms with E-state index in [1.165, 1.54) is 10.5 Å². The third kappa shape index (κ3) is 4.36. The second kappa shape index (κ2) is 8.75. The fourth-order valence-electron chi connectivity index (χ4n) is 2.79. The summed E-state index contributed by atoms with van der Waals surface area (Å²) >= 11 is 8.75. The lowest BCUT2D eigenvalue weighted by molar-refractivity contribution is -0.122. The zero-order valence-electron chi connectivity index (χ0n) is 15.9. The maximum absolute atomic E-state index is 12.4. The van der Waals surface area contributed by atoms with Crippen molar-refractivity contribution in [2.24, 2.45) is 0 Å². The number of rotatable bonds is 6. The van der Waals surface area contributed by atoms with E-state index in [4.69, 9.17) is 21.7 Å². The van der Waals surface area contributed by atoms with Crippen molar-refractivity contribution in [3.63, 3.8) is 0 Å². The molecule has 3 rings (SSSR count). The summed E-state index contributed by atoms with van der Waals surface area (Å²) in [6.07, 6.45) is 1.75. The molecule has 2 aromatic carbocycles. The largest absolute Gasteiger partial charge is 0.493 e. The van der Waals surface area contributed by atoms with Crippen molar-refractivity contribution >= 4 is 45.2 Å². The first-order valence-electron chi connectivity index (χ1n) is 8.83. The zero-order valence-corrected chi connectivity index (χ0v) is 18.3. The molecule has 0 spiro atoms. The summed E-state index contributed by atoms with van der Waals surface area (Å²) in [5.74, 6) is 1.06. The van der Waals surface area contributed by atoms with Crippen LogP contribution in [0, 0.1) is 6.92 Å². The summed E-state index contributed by atoms with van der Waals surface area (Å²) in [5, 5.41) is 3.38. The average molecular weight is 461 g/mol. The van der Waals surface area contributed by atoms with E-state index < -0.39 is 0 Å². The third-order valence-electron chi connectivity index (χ3n) is 4.38. The smallest absolute Gasteiger partial charge is 0.276 e. The number of carbonyl (C=O) groups is 1. The minimum Gasteiger partial charge on any atom is -0.493 e. The first kappa shape index (κ1) is 20.4. The second-order valence-electron chi connectivity index (χ2n) is 6.34. The molecule has 28 heavy (non-hydrogen) atoms. The molecule has 1 aliphatic rings. The number of halogens is 1. The molecule has 1 saturated heterocycles. The van der Waals surface area contributed by atoms with Crippen LogP contribution >= 0.6 is 28.1 Å². The van der Waals surface area contributed by atoms with Crippen molar-refractivity contribution < 1.29 is 14.3 Å². The van der Waals surface area contributed by atoms with Crippen LogP contribution in [-0.4, -0.2) is 29.6 Å². The minimum atomic E-state index is -0.141. The minimum absolute atomic E-state index is 0.141. The van der Waals surface area contributed by atoms with Crippen molar-refractivity contribution in [3.8, 4) is 11.5 Å². The van der Waals surface area contributed by atoms with E-state index in [9.17, 15) is 4.79 Å². The van der Waals surface area contributed by atoms with Gasteiger partial charge in [0.15, 0.2) is 16.6 Å². The summed E-state index contributed by atoms with van der Waals surface area (Å²) in [6.45, 7) is 4.89. The highest BCUT2D eigenvalue weighted by molar-refractivity contribution is 9.10. The topological polar surface area (TPSA) is 50.8 Å². The van der Waals surface area contributed by atoms with Crippen molar-refractivity contribution in [1.29, 1.82) is 0 Å². The molecule has 146 valence electrons. The van der Waals surface area contributed by atoms with Gasteiger partial charge in [-0.3, -0.25) is 9.69 Å². The van der Waals surface area contributed by atoms with Gasteiger partial charge in [0.05, 0.1) is 7.11 Å². The lowest BCUT2D eigenvalue weighted by Crippen LogP contribution is -2.30. The Hall–Kier alpha value is -2.38. The molecule has 0 radical (unpaired) electrons. The van der Waals surface area contributed by atoms with Crippen LogP contribution in [-0.2, 0) is 11.4 Å². The molecule has 1 heterocycles. The lowest BCUT2D eigenvalue weighted by Gasteiger charge is -2.13. The van der Waals surface area contributed by atoms with Gasteiger partial charge in [-0.2, -0.15) is 0 Å². The Morgan fingerprint density at radius 1 is 1.21 bits per heavy atom. The van der Waals surface area contributed by atoms with Gasteiger partial charge in [-0.15, -0.1) is 0 Å². The average Bonchev–Trinajstić information content (AvgIpc) is 2.95. The number of nitrogens with zero attached hydrogens (tertiary/aromatic N) is 1. The quantitative estimate of drug-likeness (QED) is 0.510. The molecular weight excluding hydrogens is 440 g/mol. The number of likely N-dealkylation sites (N-methyl/N-ethyl adjacent to an activating group) is 1. The third-order valence-corrected chi connectivity index (χ3v) is 5.39. The molecule has 0 aromatic heterocycles. The van der Waals surface area contributed by atoms with Crippen LogP contribution in [0.15, 0.2) is 46.6 Å². The number of carbonyl (C=O) groups excluding carboxylic acids is 1. The number of hydrogen-bond donors (Lipinski definition) is 1.